The smallest absolute Gasteiger partial charge is 0.163 e. The van der Waals surface area contributed by atoms with Gasteiger partial charge in [0.25, 0.3) is 0 Å². The number of para-hydroxylation sites is 2. The van der Waals surface area contributed by atoms with Gasteiger partial charge in [-0.25, -0.2) is 15.0 Å². The lowest BCUT2D eigenvalue weighted by atomic mass is 9.89. The number of nitrogens with zero attached hydrogens (tertiary/aromatic N) is 5. The molecule has 0 spiro atoms. The fraction of sp³-hybridized carbons (Fsp3) is 0.250. The van der Waals surface area contributed by atoms with Crippen molar-refractivity contribution in [3.63, 3.8) is 0 Å². The van der Waals surface area contributed by atoms with Crippen LogP contribution in [0.5, 0.6) is 0 Å². The molecule has 5 nitrogen and oxygen atoms in total. The molecule has 5 aromatic rings. The zero-order chi connectivity index (χ0) is 33.9. The van der Waals surface area contributed by atoms with E-state index >= 15 is 0 Å². The number of hydrogen-bond acceptors (Lipinski definition) is 4. The summed E-state index contributed by atoms with van der Waals surface area (Å²) in [4.78, 5) is 16.9. The molecule has 8 rings (SSSR count). The number of aryl methyl sites for hydroxylation is 1. The third-order valence-electron chi connectivity index (χ3n) is 9.78. The van der Waals surface area contributed by atoms with Crippen molar-refractivity contribution in [2.75, 3.05) is 11.4 Å². The Morgan fingerprint density at radius 1 is 0.840 bits per heavy atom. The highest BCUT2D eigenvalue weighted by Crippen LogP contribution is 2.51. The van der Waals surface area contributed by atoms with E-state index in [2.05, 4.69) is 156 Å². The summed E-state index contributed by atoms with van der Waals surface area (Å²) in [6.07, 6.45) is 22.2. The lowest BCUT2D eigenvalue weighted by Gasteiger charge is -2.32. The number of halogens is 1. The Labute approximate surface area is 313 Å². The Morgan fingerprint density at radius 2 is 1.60 bits per heavy atom. The van der Waals surface area contributed by atoms with Crippen molar-refractivity contribution < 1.29 is 0 Å². The van der Waals surface area contributed by atoms with Crippen LogP contribution in [0.15, 0.2) is 134 Å². The predicted octanol–water partition coefficient (Wildman–Crippen LogP) is 11.4. The molecule has 0 amide bonds. The van der Waals surface area contributed by atoms with Crippen LogP contribution in [0.4, 0.5) is 5.69 Å². The number of hydrogen-bond donors (Lipinski definition) is 0. The second-order valence-corrected chi connectivity index (χ2v) is 13.0. The van der Waals surface area contributed by atoms with Gasteiger partial charge in [-0.1, -0.05) is 106 Å². The maximum absolute atomic E-state index is 4.89. The van der Waals surface area contributed by atoms with Crippen molar-refractivity contribution in [3.8, 4) is 17.1 Å². The summed E-state index contributed by atoms with van der Waals surface area (Å²) in [7, 11) is 0. The molecular formula is C44H46IN5. The van der Waals surface area contributed by atoms with E-state index in [1.165, 1.54) is 27.7 Å². The van der Waals surface area contributed by atoms with E-state index in [1.54, 1.807) is 0 Å². The minimum absolute atomic E-state index is 0. The molecule has 0 saturated heterocycles. The number of benzene rings is 3. The van der Waals surface area contributed by atoms with E-state index in [0.717, 1.165) is 47.9 Å². The first kappa shape index (κ1) is 35.3. The largest absolute Gasteiger partial charge is 0.363 e. The van der Waals surface area contributed by atoms with Crippen molar-refractivity contribution in [2.24, 2.45) is 11.8 Å². The van der Waals surface area contributed by atoms with Gasteiger partial charge in [0.1, 0.15) is 5.82 Å². The molecule has 4 unspecified atom stereocenters. The Hall–Kier alpha value is -4.56. The number of rotatable bonds is 7. The van der Waals surface area contributed by atoms with Gasteiger partial charge >= 0.3 is 0 Å². The molecule has 0 saturated carbocycles. The van der Waals surface area contributed by atoms with Crippen molar-refractivity contribution in [2.45, 2.75) is 52.5 Å². The quantitative estimate of drug-likeness (QED) is 0.122. The lowest BCUT2D eigenvalue weighted by Crippen LogP contribution is -2.31. The van der Waals surface area contributed by atoms with Crippen LogP contribution >= 0.6 is 24.0 Å². The van der Waals surface area contributed by atoms with Crippen LogP contribution in [-0.2, 0) is 0 Å². The van der Waals surface area contributed by atoms with E-state index < -0.39 is 0 Å². The fourth-order valence-corrected chi connectivity index (χ4v) is 7.55. The van der Waals surface area contributed by atoms with Gasteiger partial charge in [-0.05, 0) is 73.6 Å². The average molecular weight is 772 g/mol. The lowest BCUT2D eigenvalue weighted by molar-refractivity contribution is 0.549. The van der Waals surface area contributed by atoms with Crippen LogP contribution in [0.25, 0.3) is 33.6 Å². The highest BCUT2D eigenvalue weighted by atomic mass is 127. The van der Waals surface area contributed by atoms with Crippen molar-refractivity contribution >= 4 is 46.1 Å². The van der Waals surface area contributed by atoms with Crippen LogP contribution in [0.2, 0.25) is 0 Å². The Kier molecular flexibility index (Phi) is 11.0. The Morgan fingerprint density at radius 3 is 2.36 bits per heavy atom. The van der Waals surface area contributed by atoms with Crippen LogP contribution in [0, 0.1) is 18.8 Å². The highest BCUT2D eigenvalue weighted by Gasteiger charge is 2.39. The molecule has 6 heteroatoms. The molecular weight excluding hydrogens is 725 g/mol. The second-order valence-electron chi connectivity index (χ2n) is 13.0. The summed E-state index contributed by atoms with van der Waals surface area (Å²) in [5.74, 6) is 3.29. The van der Waals surface area contributed by atoms with Gasteiger partial charge in [0.15, 0.2) is 11.6 Å². The molecule has 4 atom stereocenters. The topological polar surface area (TPSA) is 46.8 Å². The molecule has 254 valence electrons. The zero-order valence-electron chi connectivity index (χ0n) is 29.4. The first-order valence-corrected chi connectivity index (χ1v) is 17.7. The van der Waals surface area contributed by atoms with E-state index in [0.29, 0.717) is 17.7 Å². The number of allylic oxidation sites excluding steroid dienone is 7. The van der Waals surface area contributed by atoms with Gasteiger partial charge in [-0.3, -0.25) is 0 Å². The molecule has 3 heterocycles. The number of fused-ring (bicyclic) bond motifs is 2. The van der Waals surface area contributed by atoms with E-state index in [4.69, 9.17) is 9.97 Å². The molecule has 0 fully saturated rings. The predicted molar refractivity (Wildman–Crippen MR) is 220 cm³/mol. The monoisotopic (exact) mass is 771 g/mol. The summed E-state index contributed by atoms with van der Waals surface area (Å²) in [5, 5.41) is 1.27. The van der Waals surface area contributed by atoms with Gasteiger partial charge in [0.05, 0.1) is 11.6 Å². The molecule has 2 aliphatic carbocycles. The van der Waals surface area contributed by atoms with Crippen LogP contribution in [-0.4, -0.2) is 26.1 Å². The third-order valence-corrected chi connectivity index (χ3v) is 9.78. The normalized spacial score (nSPS) is 20.5. The van der Waals surface area contributed by atoms with Crippen molar-refractivity contribution in [1.82, 2.24) is 19.5 Å². The van der Waals surface area contributed by atoms with Crippen molar-refractivity contribution in [1.29, 1.82) is 0 Å². The number of aromatic nitrogens is 4. The fourth-order valence-electron chi connectivity index (χ4n) is 7.55. The van der Waals surface area contributed by atoms with Gasteiger partial charge in [0.2, 0.25) is 0 Å². The third kappa shape index (κ3) is 6.78. The summed E-state index contributed by atoms with van der Waals surface area (Å²) >= 11 is 0. The first-order valence-electron chi connectivity index (χ1n) is 17.7. The van der Waals surface area contributed by atoms with Crippen LogP contribution in [0.1, 0.15) is 68.3 Å². The molecule has 3 aliphatic rings. The minimum atomic E-state index is 0. The first-order chi connectivity index (χ1) is 24.1. The maximum Gasteiger partial charge on any atom is 0.163 e. The van der Waals surface area contributed by atoms with E-state index in [9.17, 15) is 0 Å². The minimum Gasteiger partial charge on any atom is -0.363 e. The number of anilines is 1. The molecule has 0 N–H and O–H groups in total. The Bertz CT molecular complexity index is 2100. The zero-order valence-corrected chi connectivity index (χ0v) is 31.7. The summed E-state index contributed by atoms with van der Waals surface area (Å²) < 4.78 is 2.34. The molecule has 50 heavy (non-hydrogen) atoms. The molecule has 0 bridgehead atoms. The SMILES string of the molecule is C=CC1c2ccccc2N(CC2C=CC=CC2)C1c1cn(-c2ccc(-c3nc(C)nc(C4=CC(C)CC=C4)n3)cc2)c2ccccc12.CC.I. The summed E-state index contributed by atoms with van der Waals surface area (Å²) in [5.41, 5.74) is 8.32. The molecule has 3 aromatic carbocycles. The average Bonchev–Trinajstić information content (AvgIpc) is 3.68. The maximum atomic E-state index is 4.89. The van der Waals surface area contributed by atoms with Crippen molar-refractivity contribution in [3.05, 3.63) is 157 Å². The molecule has 0 radical (unpaired) electrons. The Balaban J connectivity index is 0.00000142. The van der Waals surface area contributed by atoms with Crippen LogP contribution in [0.3, 0.4) is 0 Å². The molecule has 2 aromatic heterocycles. The van der Waals surface area contributed by atoms with Gasteiger partial charge < -0.3 is 9.47 Å². The van der Waals surface area contributed by atoms with E-state index in [-0.39, 0.29) is 35.9 Å². The standard InChI is InChI=1S/C42H39N5.C2H6.HI/c1-4-34-35-17-8-11-20-39(35)47(26-30-14-6-5-7-15-30)40(34)37-27-46(38-19-10-9-18-36(37)38)33-23-21-31(22-24-33)41-43-29(3)44-42(45-41)32-16-12-13-28(2)25-32;1-2;/h4-12,14,16-25,27-28,30,34,40H,1,13,15,26H2,2-3H3;1-2H3;1H. The van der Waals surface area contributed by atoms with Crippen LogP contribution < -0.4 is 4.90 Å². The summed E-state index contributed by atoms with van der Waals surface area (Å²) in [6, 6.07) is 26.4. The second kappa shape index (κ2) is 15.5. The highest BCUT2D eigenvalue weighted by molar-refractivity contribution is 14.0. The molecule has 1 aliphatic heterocycles. The summed E-state index contributed by atoms with van der Waals surface area (Å²) in [6.45, 7) is 13.5. The van der Waals surface area contributed by atoms with Gasteiger partial charge in [0, 0.05) is 52.1 Å². The van der Waals surface area contributed by atoms with Gasteiger partial charge in [-0.15, -0.1) is 30.6 Å². The van der Waals surface area contributed by atoms with E-state index in [1.807, 2.05) is 20.8 Å². The van der Waals surface area contributed by atoms with Gasteiger partial charge in [-0.2, -0.15) is 0 Å².